The van der Waals surface area contributed by atoms with Crippen molar-refractivity contribution in [3.8, 4) is 5.75 Å². The summed E-state index contributed by atoms with van der Waals surface area (Å²) in [5.74, 6) is -0.445. The zero-order valence-corrected chi connectivity index (χ0v) is 12.2. The molecule has 0 saturated carbocycles. The zero-order valence-electron chi connectivity index (χ0n) is 11.4. The van der Waals surface area contributed by atoms with Gasteiger partial charge in [0.1, 0.15) is 0 Å². The number of carbonyl (C=O) groups excluding carboxylic acids is 2. The normalized spacial score (nSPS) is 10.0. The molecule has 0 atom stereocenters. The highest BCUT2D eigenvalue weighted by molar-refractivity contribution is 6.33. The topological polar surface area (TPSA) is 55.4 Å². The molecule has 0 bridgehead atoms. The van der Waals surface area contributed by atoms with Crippen molar-refractivity contribution in [1.29, 1.82) is 0 Å². The Kier molecular flexibility index (Phi) is 4.95. The number of carbonyl (C=O) groups is 2. The minimum atomic E-state index is -0.571. The molecule has 4 nitrogen and oxygen atoms in total. The highest BCUT2D eigenvalue weighted by Gasteiger charge is 2.14. The second kappa shape index (κ2) is 6.90. The van der Waals surface area contributed by atoms with Gasteiger partial charge in [0.15, 0.2) is 5.75 Å². The summed E-state index contributed by atoms with van der Waals surface area (Å²) in [6, 6.07) is 13.4. The summed E-state index contributed by atoms with van der Waals surface area (Å²) in [7, 11) is 0. The third kappa shape index (κ3) is 3.83. The van der Waals surface area contributed by atoms with Gasteiger partial charge in [-0.3, -0.25) is 4.79 Å². The van der Waals surface area contributed by atoms with E-state index in [0.29, 0.717) is 17.1 Å². The Labute approximate surface area is 127 Å². The summed E-state index contributed by atoms with van der Waals surface area (Å²) in [6.45, 7) is 1.74. The van der Waals surface area contributed by atoms with Crippen LogP contribution in [0.25, 0.3) is 0 Å². The van der Waals surface area contributed by atoms with Gasteiger partial charge in [0.2, 0.25) is 5.91 Å². The molecule has 2 aromatic carbocycles. The maximum absolute atomic E-state index is 12.1. The highest BCUT2D eigenvalue weighted by Crippen LogP contribution is 2.26. The first kappa shape index (κ1) is 15.1. The minimum absolute atomic E-state index is 0.156. The van der Waals surface area contributed by atoms with Crippen molar-refractivity contribution in [2.24, 2.45) is 0 Å². The van der Waals surface area contributed by atoms with Gasteiger partial charge in [0, 0.05) is 6.42 Å². The molecule has 2 aromatic rings. The number of hydrogen-bond acceptors (Lipinski definition) is 3. The fourth-order valence-corrected chi connectivity index (χ4v) is 1.89. The number of amides is 1. The molecule has 0 heterocycles. The predicted molar refractivity (Wildman–Crippen MR) is 81.8 cm³/mol. The summed E-state index contributed by atoms with van der Waals surface area (Å²) < 4.78 is 5.32. The average molecular weight is 304 g/mol. The van der Waals surface area contributed by atoms with Crippen molar-refractivity contribution in [3.63, 3.8) is 0 Å². The summed E-state index contributed by atoms with van der Waals surface area (Å²) in [6.07, 6.45) is 0.340. The van der Waals surface area contributed by atoms with Crippen LogP contribution in [0.4, 0.5) is 5.69 Å². The third-order valence-electron chi connectivity index (χ3n) is 2.78. The first-order valence-corrected chi connectivity index (χ1v) is 6.85. The Morgan fingerprint density at radius 1 is 1.10 bits per heavy atom. The molecular formula is C16H14ClNO3. The molecule has 1 N–H and O–H groups in total. The lowest BCUT2D eigenvalue weighted by Gasteiger charge is -2.11. The number of esters is 1. The molecule has 0 saturated heterocycles. The molecule has 2 rings (SSSR count). The Morgan fingerprint density at radius 3 is 2.48 bits per heavy atom. The first-order chi connectivity index (χ1) is 10.1. The van der Waals surface area contributed by atoms with E-state index in [0.717, 1.165) is 0 Å². The van der Waals surface area contributed by atoms with Gasteiger partial charge in [-0.15, -0.1) is 0 Å². The van der Waals surface area contributed by atoms with E-state index in [1.165, 1.54) is 0 Å². The molecule has 0 fully saturated rings. The lowest BCUT2D eigenvalue weighted by atomic mass is 10.2. The standard InChI is InChI=1S/C16H14ClNO3/c1-2-15(19)18-13-9-5-6-10-14(13)21-16(20)11-7-3-4-8-12(11)17/h3-10H,2H2,1H3,(H,18,19). The van der Waals surface area contributed by atoms with Crippen LogP contribution in [0.3, 0.4) is 0 Å². The van der Waals surface area contributed by atoms with Gasteiger partial charge in [0.25, 0.3) is 0 Å². The fraction of sp³-hybridized carbons (Fsp3) is 0.125. The van der Waals surface area contributed by atoms with Gasteiger partial charge in [-0.2, -0.15) is 0 Å². The number of ether oxygens (including phenoxy) is 1. The van der Waals surface area contributed by atoms with Crippen LogP contribution in [0.15, 0.2) is 48.5 Å². The smallest absolute Gasteiger partial charge is 0.345 e. The highest BCUT2D eigenvalue weighted by atomic mass is 35.5. The largest absolute Gasteiger partial charge is 0.421 e. The number of rotatable bonds is 4. The van der Waals surface area contributed by atoms with E-state index in [1.54, 1.807) is 55.5 Å². The van der Waals surface area contributed by atoms with E-state index in [-0.39, 0.29) is 17.2 Å². The summed E-state index contributed by atoms with van der Waals surface area (Å²) in [5.41, 5.74) is 0.723. The molecule has 0 spiro atoms. The van der Waals surface area contributed by atoms with Crippen LogP contribution in [0.1, 0.15) is 23.7 Å². The van der Waals surface area contributed by atoms with Crippen molar-refractivity contribution in [1.82, 2.24) is 0 Å². The molecule has 1 amide bonds. The molecule has 108 valence electrons. The molecule has 5 heteroatoms. The van der Waals surface area contributed by atoms with Crippen LogP contribution >= 0.6 is 11.6 Å². The molecule has 0 aliphatic rings. The Bertz CT molecular complexity index is 670. The number of para-hydroxylation sites is 2. The Hall–Kier alpha value is -2.33. The Balaban J connectivity index is 2.22. The molecule has 0 aromatic heterocycles. The van der Waals surface area contributed by atoms with Crippen molar-refractivity contribution in [2.45, 2.75) is 13.3 Å². The van der Waals surface area contributed by atoms with Gasteiger partial charge in [-0.05, 0) is 24.3 Å². The lowest BCUT2D eigenvalue weighted by molar-refractivity contribution is -0.115. The van der Waals surface area contributed by atoms with E-state index in [9.17, 15) is 9.59 Å². The minimum Gasteiger partial charge on any atom is -0.421 e. The van der Waals surface area contributed by atoms with Crippen molar-refractivity contribution < 1.29 is 14.3 Å². The quantitative estimate of drug-likeness (QED) is 0.688. The summed E-state index contributed by atoms with van der Waals surface area (Å²) >= 11 is 5.96. The van der Waals surface area contributed by atoms with Gasteiger partial charge in [-0.1, -0.05) is 42.8 Å². The lowest BCUT2D eigenvalue weighted by Crippen LogP contribution is -2.14. The van der Waals surface area contributed by atoms with Crippen molar-refractivity contribution in [3.05, 3.63) is 59.1 Å². The number of nitrogens with one attached hydrogen (secondary N) is 1. The van der Waals surface area contributed by atoms with E-state index in [4.69, 9.17) is 16.3 Å². The molecule has 0 unspecified atom stereocenters. The van der Waals surface area contributed by atoms with Crippen LogP contribution in [0.5, 0.6) is 5.75 Å². The van der Waals surface area contributed by atoms with Crippen LogP contribution in [0, 0.1) is 0 Å². The van der Waals surface area contributed by atoms with E-state index >= 15 is 0 Å². The van der Waals surface area contributed by atoms with E-state index in [1.807, 2.05) is 0 Å². The van der Waals surface area contributed by atoms with Crippen LogP contribution in [0.2, 0.25) is 5.02 Å². The van der Waals surface area contributed by atoms with Gasteiger partial charge in [0.05, 0.1) is 16.3 Å². The van der Waals surface area contributed by atoms with Gasteiger partial charge in [-0.25, -0.2) is 4.79 Å². The number of benzene rings is 2. The maximum Gasteiger partial charge on any atom is 0.345 e. The van der Waals surface area contributed by atoms with Crippen molar-refractivity contribution >= 4 is 29.2 Å². The monoisotopic (exact) mass is 303 g/mol. The van der Waals surface area contributed by atoms with Gasteiger partial charge >= 0.3 is 5.97 Å². The number of anilines is 1. The fourth-order valence-electron chi connectivity index (χ4n) is 1.68. The van der Waals surface area contributed by atoms with E-state index < -0.39 is 5.97 Å². The van der Waals surface area contributed by atoms with Crippen LogP contribution in [-0.4, -0.2) is 11.9 Å². The molecule has 0 aliphatic carbocycles. The molecular weight excluding hydrogens is 290 g/mol. The third-order valence-corrected chi connectivity index (χ3v) is 3.11. The summed E-state index contributed by atoms with van der Waals surface area (Å²) in [5, 5.41) is 3.00. The summed E-state index contributed by atoms with van der Waals surface area (Å²) in [4.78, 5) is 23.6. The second-order valence-corrected chi connectivity index (χ2v) is 4.67. The second-order valence-electron chi connectivity index (χ2n) is 4.27. The van der Waals surface area contributed by atoms with Crippen molar-refractivity contribution in [2.75, 3.05) is 5.32 Å². The predicted octanol–water partition coefficient (Wildman–Crippen LogP) is 3.91. The Morgan fingerprint density at radius 2 is 1.76 bits per heavy atom. The van der Waals surface area contributed by atoms with Crippen LogP contribution < -0.4 is 10.1 Å². The molecule has 21 heavy (non-hydrogen) atoms. The van der Waals surface area contributed by atoms with Crippen LogP contribution in [-0.2, 0) is 4.79 Å². The maximum atomic E-state index is 12.1. The number of hydrogen-bond donors (Lipinski definition) is 1. The molecule has 0 radical (unpaired) electrons. The zero-order chi connectivity index (χ0) is 15.2. The molecule has 0 aliphatic heterocycles. The first-order valence-electron chi connectivity index (χ1n) is 6.47. The van der Waals surface area contributed by atoms with E-state index in [2.05, 4.69) is 5.32 Å². The average Bonchev–Trinajstić information content (AvgIpc) is 2.49. The SMILES string of the molecule is CCC(=O)Nc1ccccc1OC(=O)c1ccccc1Cl. The van der Waals surface area contributed by atoms with Gasteiger partial charge < -0.3 is 10.1 Å². The number of halogens is 1.